The van der Waals surface area contributed by atoms with Crippen LogP contribution in [0, 0.1) is 0 Å². The molecule has 0 radical (unpaired) electrons. The van der Waals surface area contributed by atoms with Gasteiger partial charge in [0, 0.05) is 19.3 Å². The molecule has 0 aromatic rings. The molecule has 16 nitrogen and oxygen atoms in total. The summed E-state index contributed by atoms with van der Waals surface area (Å²) in [5.41, 5.74) is 0. The zero-order chi connectivity index (χ0) is 69.5. The van der Waals surface area contributed by atoms with E-state index < -0.39 is 91.5 Å². The number of hydrogen-bond donors (Lipinski definition) is 4. The molecule has 0 aromatic heterocycles. The molecule has 0 spiro atoms. The maximum Gasteiger partial charge on any atom is 0.472 e. The molecule has 0 aromatic carbocycles. The van der Waals surface area contributed by atoms with E-state index in [4.69, 9.17) is 32.3 Å². The van der Waals surface area contributed by atoms with E-state index in [0.29, 0.717) is 19.3 Å². The summed E-state index contributed by atoms with van der Waals surface area (Å²) in [5, 5.41) is 20.6. The van der Waals surface area contributed by atoms with E-state index >= 15 is 0 Å². The molecule has 0 aliphatic heterocycles. The molecule has 95 heavy (non-hydrogen) atoms. The van der Waals surface area contributed by atoms with E-state index in [9.17, 15) is 43.5 Å². The Balaban J connectivity index is 4.64. The van der Waals surface area contributed by atoms with Gasteiger partial charge >= 0.3 is 33.6 Å². The van der Waals surface area contributed by atoms with Crippen LogP contribution in [0.4, 0.5) is 0 Å². The number of aliphatic hydroxyl groups is 2. The Labute approximate surface area is 574 Å². The van der Waals surface area contributed by atoms with Crippen LogP contribution in [0.2, 0.25) is 0 Å². The summed E-state index contributed by atoms with van der Waals surface area (Å²) in [5.74, 6) is -1.66. The zero-order valence-electron chi connectivity index (χ0n) is 58.5. The van der Waals surface area contributed by atoms with Crippen LogP contribution in [0.25, 0.3) is 0 Å². The fraction of sp³-hybridized carbons (Fsp3) is 0.623. The third-order valence-electron chi connectivity index (χ3n) is 14.2. The number of hydrogen-bond acceptors (Lipinski definition) is 14. The Kier molecular flexibility index (Phi) is 65.6. The van der Waals surface area contributed by atoms with Gasteiger partial charge in [-0.1, -0.05) is 249 Å². The first-order chi connectivity index (χ1) is 46.2. The fourth-order valence-corrected chi connectivity index (χ4v) is 10.4. The molecule has 540 valence electrons. The third kappa shape index (κ3) is 70.3. The van der Waals surface area contributed by atoms with Gasteiger partial charge in [-0.15, -0.1) is 0 Å². The van der Waals surface area contributed by atoms with Crippen LogP contribution < -0.4 is 0 Å². The van der Waals surface area contributed by atoms with Crippen LogP contribution in [0.5, 0.6) is 0 Å². The van der Waals surface area contributed by atoms with Gasteiger partial charge in [-0.25, -0.2) is 9.13 Å². The highest BCUT2D eigenvalue weighted by Gasteiger charge is 2.29. The standard InChI is InChI=1S/C77H126O16P2/c1-4-7-10-13-16-19-22-25-27-29-31-33-34-35-36-38-40-41-43-46-48-51-54-57-60-63-75(80)87-66-72(78)67-89-94(83,84)90-68-73(79)69-91-95(85,86)92-71-74(93-77(82)65-62-59-56-53-50-45-24-21-18-15-12-9-6-3)70-88-76(81)64-61-58-55-52-49-47-44-42-39-37-32-30-28-26-23-20-17-14-11-8-5-2/h7-8,10-12,15-17,19-21,24-28,31-33,35-37,42,44,49,52,72-74,78-79H,4-6,9,13-14,18,22-23,29-30,34,38-41,43,45-48,50-51,53-71H2,1-3H3,(H,83,84)(H,85,86)/b10-7-,11-8-,15-12-,19-16-,20-17-,24-21-,27-25-,28-26-,33-31-,36-35-,37-32-,44-42-,52-49-. The molecule has 0 amide bonds. The van der Waals surface area contributed by atoms with Gasteiger partial charge in [-0.2, -0.15) is 0 Å². The van der Waals surface area contributed by atoms with Crippen molar-refractivity contribution < 1.29 is 75.8 Å². The number of unbranched alkanes of at least 4 members (excludes halogenated alkanes) is 17. The van der Waals surface area contributed by atoms with Crippen molar-refractivity contribution >= 4 is 33.6 Å². The molecule has 0 fully saturated rings. The van der Waals surface area contributed by atoms with Crippen molar-refractivity contribution in [1.29, 1.82) is 0 Å². The van der Waals surface area contributed by atoms with Crippen LogP contribution in [0.15, 0.2) is 158 Å². The van der Waals surface area contributed by atoms with Gasteiger partial charge < -0.3 is 34.2 Å². The lowest BCUT2D eigenvalue weighted by Gasteiger charge is -2.21. The van der Waals surface area contributed by atoms with Gasteiger partial charge in [0.15, 0.2) is 6.10 Å². The van der Waals surface area contributed by atoms with Crippen molar-refractivity contribution in [3.8, 4) is 0 Å². The fourth-order valence-electron chi connectivity index (χ4n) is 8.81. The Bertz CT molecular complexity index is 2360. The molecule has 0 aliphatic rings. The average Bonchev–Trinajstić information content (AvgIpc) is 1.83. The number of ether oxygens (including phenoxy) is 3. The van der Waals surface area contributed by atoms with E-state index in [1.54, 1.807) is 0 Å². The number of aliphatic hydroxyl groups excluding tert-OH is 2. The average molecular weight is 1370 g/mol. The van der Waals surface area contributed by atoms with E-state index in [-0.39, 0.29) is 19.3 Å². The lowest BCUT2D eigenvalue weighted by Crippen LogP contribution is -2.30. The summed E-state index contributed by atoms with van der Waals surface area (Å²) < 4.78 is 60.9. The molecule has 5 atom stereocenters. The van der Waals surface area contributed by atoms with E-state index in [1.807, 2.05) is 0 Å². The van der Waals surface area contributed by atoms with Crippen LogP contribution >= 0.6 is 15.6 Å². The van der Waals surface area contributed by atoms with Gasteiger partial charge in [0.1, 0.15) is 25.4 Å². The lowest BCUT2D eigenvalue weighted by atomic mass is 10.1. The second-order valence-corrected chi connectivity index (χ2v) is 26.2. The first kappa shape index (κ1) is 90.2. The zero-order valence-corrected chi connectivity index (χ0v) is 60.3. The molecular formula is C77H126O16P2. The lowest BCUT2D eigenvalue weighted by molar-refractivity contribution is -0.161. The minimum Gasteiger partial charge on any atom is -0.463 e. The Hall–Kier alpha value is -4.83. The number of carbonyl (C=O) groups excluding carboxylic acids is 3. The molecule has 5 unspecified atom stereocenters. The summed E-state index contributed by atoms with van der Waals surface area (Å²) in [4.78, 5) is 58.4. The first-order valence-corrected chi connectivity index (χ1v) is 38.8. The highest BCUT2D eigenvalue weighted by atomic mass is 31.2. The van der Waals surface area contributed by atoms with E-state index in [1.165, 1.54) is 25.7 Å². The number of rotatable bonds is 66. The van der Waals surface area contributed by atoms with Gasteiger partial charge in [-0.3, -0.25) is 32.5 Å². The number of esters is 3. The Morgan fingerprint density at radius 3 is 0.905 bits per heavy atom. The minimum atomic E-state index is -4.95. The molecule has 18 heteroatoms. The third-order valence-corrected chi connectivity index (χ3v) is 16.1. The van der Waals surface area contributed by atoms with E-state index in [2.05, 4.69) is 179 Å². The highest BCUT2D eigenvalue weighted by Crippen LogP contribution is 2.45. The van der Waals surface area contributed by atoms with Crippen molar-refractivity contribution in [1.82, 2.24) is 0 Å². The molecule has 0 rings (SSSR count). The number of allylic oxidation sites excluding steroid dienone is 26. The number of carbonyl (C=O) groups is 3. The normalized spacial score (nSPS) is 15.1. The maximum absolute atomic E-state index is 12.9. The summed E-state index contributed by atoms with van der Waals surface area (Å²) in [6.07, 6.45) is 84.4. The quantitative estimate of drug-likeness (QED) is 0.0146. The molecule has 0 saturated heterocycles. The first-order valence-electron chi connectivity index (χ1n) is 35.8. The predicted molar refractivity (Wildman–Crippen MR) is 389 cm³/mol. The Morgan fingerprint density at radius 2 is 0.558 bits per heavy atom. The summed E-state index contributed by atoms with van der Waals surface area (Å²) in [6, 6.07) is 0. The monoisotopic (exact) mass is 1370 g/mol. The summed E-state index contributed by atoms with van der Waals surface area (Å²) in [6.45, 7) is 2.28. The van der Waals surface area contributed by atoms with Gasteiger partial charge in [-0.05, 0) is 141 Å². The highest BCUT2D eigenvalue weighted by molar-refractivity contribution is 7.47. The maximum atomic E-state index is 12.9. The van der Waals surface area contributed by atoms with Crippen LogP contribution in [0.1, 0.15) is 252 Å². The van der Waals surface area contributed by atoms with Crippen LogP contribution in [-0.2, 0) is 55.8 Å². The predicted octanol–water partition coefficient (Wildman–Crippen LogP) is 20.3. The second-order valence-electron chi connectivity index (χ2n) is 23.3. The van der Waals surface area contributed by atoms with Gasteiger partial charge in [0.05, 0.1) is 26.4 Å². The minimum absolute atomic E-state index is 0.0728. The van der Waals surface area contributed by atoms with Gasteiger partial charge in [0.25, 0.3) is 0 Å². The van der Waals surface area contributed by atoms with Crippen molar-refractivity contribution in [2.75, 3.05) is 39.6 Å². The van der Waals surface area contributed by atoms with Crippen molar-refractivity contribution in [3.05, 3.63) is 158 Å². The molecule has 0 saturated carbocycles. The Morgan fingerprint density at radius 1 is 0.305 bits per heavy atom. The van der Waals surface area contributed by atoms with Gasteiger partial charge in [0.2, 0.25) is 0 Å². The number of phosphoric acid groups is 2. The van der Waals surface area contributed by atoms with Crippen molar-refractivity contribution in [2.45, 2.75) is 270 Å². The second kappa shape index (κ2) is 69.1. The molecular weight excluding hydrogens is 1240 g/mol. The molecule has 0 aliphatic carbocycles. The molecule has 0 heterocycles. The van der Waals surface area contributed by atoms with Crippen molar-refractivity contribution in [3.63, 3.8) is 0 Å². The largest absolute Gasteiger partial charge is 0.472 e. The summed E-state index contributed by atoms with van der Waals surface area (Å²) in [7, 11) is -9.81. The number of phosphoric ester groups is 2. The smallest absolute Gasteiger partial charge is 0.463 e. The SMILES string of the molecule is CC/C=C\C/C=C\C/C=C\C/C=C\C/C=C\C/C=C\CCCCC(=O)OCC(COP(=O)(O)OCC(O)COP(=O)(O)OCC(O)COC(=O)CCCCCCCCCCC/C=C\C/C=C\C/C=C\C/C=C\C/C=C\CC)OC(=O)CCCCCCC/C=C\C/C=C\CCC. The summed E-state index contributed by atoms with van der Waals surface area (Å²) >= 11 is 0. The van der Waals surface area contributed by atoms with Crippen LogP contribution in [0.3, 0.4) is 0 Å². The van der Waals surface area contributed by atoms with E-state index in [0.717, 1.165) is 167 Å². The topological polar surface area (TPSA) is 231 Å². The van der Waals surface area contributed by atoms with Crippen LogP contribution in [-0.4, -0.2) is 95.9 Å². The molecule has 0 bridgehead atoms. The van der Waals surface area contributed by atoms with Crippen molar-refractivity contribution in [2.24, 2.45) is 0 Å². The molecule has 4 N–H and O–H groups in total.